The van der Waals surface area contributed by atoms with Crippen molar-refractivity contribution in [3.8, 4) is 11.4 Å². The molecular weight excluding hydrogens is 578 g/mol. The predicted octanol–water partition coefficient (Wildman–Crippen LogP) is 5.23. The van der Waals surface area contributed by atoms with Crippen LogP contribution in [0.15, 0.2) is 83.9 Å². The minimum Gasteiger partial charge on any atom is -0.497 e. The highest BCUT2D eigenvalue weighted by Crippen LogP contribution is 2.40. The molecule has 0 unspecified atom stereocenters. The van der Waals surface area contributed by atoms with Gasteiger partial charge in [-0.05, 0) is 54.8 Å². The molecular formula is C33H30ClN7O3. The third-order valence-corrected chi connectivity index (χ3v) is 8.61. The number of amides is 1. The number of aromatic nitrogens is 4. The van der Waals surface area contributed by atoms with Gasteiger partial charge in [-0.15, -0.1) is 0 Å². The Morgan fingerprint density at radius 1 is 0.955 bits per heavy atom. The van der Waals surface area contributed by atoms with E-state index in [0.29, 0.717) is 64.4 Å². The van der Waals surface area contributed by atoms with Crippen LogP contribution in [0.2, 0.25) is 5.02 Å². The Kier molecular flexibility index (Phi) is 7.14. The number of hydrogen-bond donors (Lipinski definition) is 0. The molecule has 1 fully saturated rings. The van der Waals surface area contributed by atoms with Crippen LogP contribution >= 0.6 is 11.6 Å². The van der Waals surface area contributed by atoms with Crippen molar-refractivity contribution >= 4 is 40.0 Å². The third-order valence-electron chi connectivity index (χ3n) is 8.29. The molecule has 10 nitrogen and oxygen atoms in total. The average Bonchev–Trinajstić information content (AvgIpc) is 3.53. The molecule has 222 valence electrons. The molecule has 4 heterocycles. The fraction of sp³-hybridized carbons (Fsp3) is 0.242. The maximum Gasteiger partial charge on any atom is 0.267 e. The molecule has 0 bridgehead atoms. The number of fused-ring (bicyclic) bond motifs is 2. The van der Waals surface area contributed by atoms with Crippen LogP contribution in [0.1, 0.15) is 40.6 Å². The molecule has 0 spiro atoms. The van der Waals surface area contributed by atoms with Crippen LogP contribution in [0.5, 0.6) is 5.75 Å². The van der Waals surface area contributed by atoms with Gasteiger partial charge in [0.05, 0.1) is 41.4 Å². The Balaban J connectivity index is 1.35. The Morgan fingerprint density at radius 3 is 2.50 bits per heavy atom. The summed E-state index contributed by atoms with van der Waals surface area (Å²) in [6.45, 7) is 1.58. The maximum atomic E-state index is 14.1. The predicted molar refractivity (Wildman–Crippen MR) is 170 cm³/mol. The van der Waals surface area contributed by atoms with Gasteiger partial charge < -0.3 is 19.4 Å². The molecule has 0 radical (unpaired) electrons. The molecule has 0 aliphatic carbocycles. The number of anilines is 2. The fourth-order valence-electron chi connectivity index (χ4n) is 6.22. The number of rotatable bonds is 6. The number of para-hydroxylation sites is 1. The van der Waals surface area contributed by atoms with E-state index in [2.05, 4.69) is 19.8 Å². The zero-order valence-electron chi connectivity index (χ0n) is 24.4. The van der Waals surface area contributed by atoms with Crippen molar-refractivity contribution in [3.63, 3.8) is 0 Å². The largest absolute Gasteiger partial charge is 0.497 e. The zero-order chi connectivity index (χ0) is 30.4. The number of halogens is 1. The lowest BCUT2D eigenvalue weighted by atomic mass is 10.1. The van der Waals surface area contributed by atoms with Gasteiger partial charge in [0.15, 0.2) is 0 Å². The smallest absolute Gasteiger partial charge is 0.267 e. The Bertz CT molecular complexity index is 1930. The van der Waals surface area contributed by atoms with Crippen molar-refractivity contribution in [1.82, 2.24) is 24.4 Å². The van der Waals surface area contributed by atoms with Crippen molar-refractivity contribution in [3.05, 3.63) is 111 Å². The van der Waals surface area contributed by atoms with E-state index in [1.807, 2.05) is 60.7 Å². The molecule has 2 aliphatic rings. The number of hydrogen-bond acceptors (Lipinski definition) is 8. The summed E-state index contributed by atoms with van der Waals surface area (Å²) in [5, 5.41) is 0.728. The fourth-order valence-corrected chi connectivity index (χ4v) is 6.47. The second-order valence-electron chi connectivity index (χ2n) is 11.0. The minimum absolute atomic E-state index is 0.147. The Morgan fingerprint density at radius 2 is 1.73 bits per heavy atom. The minimum atomic E-state index is -0.319. The maximum absolute atomic E-state index is 14.1. The molecule has 2 aromatic heterocycles. The van der Waals surface area contributed by atoms with E-state index in [9.17, 15) is 9.59 Å². The molecule has 44 heavy (non-hydrogen) atoms. The molecule has 5 aromatic rings. The van der Waals surface area contributed by atoms with Gasteiger partial charge in [-0.3, -0.25) is 14.2 Å². The summed E-state index contributed by atoms with van der Waals surface area (Å²) in [6.07, 6.45) is 3.08. The first-order valence-corrected chi connectivity index (χ1v) is 14.8. The standard InChI is InChI=1S/C33H30ClN7O3/c1-38-20-39(18-21-13-15-23(44-2)16-14-21)30-28(32(38)42)31(36-19-35-30)40-17-7-12-26(40)29-37-25-11-6-10-24(34)27(25)33(43)41(29)22-8-4-3-5-9-22/h3-6,8-11,13-16,19,26H,7,12,17-18,20H2,1-2H3/t26-/m0/s1. The zero-order valence-corrected chi connectivity index (χ0v) is 25.1. The number of carbonyl (C=O) groups is 1. The van der Waals surface area contributed by atoms with E-state index >= 15 is 0 Å². The quantitative estimate of drug-likeness (QED) is 0.259. The summed E-state index contributed by atoms with van der Waals surface area (Å²) >= 11 is 6.52. The molecule has 1 amide bonds. The number of methoxy groups -OCH3 is 1. The van der Waals surface area contributed by atoms with Gasteiger partial charge in [-0.2, -0.15) is 0 Å². The van der Waals surface area contributed by atoms with Gasteiger partial charge >= 0.3 is 0 Å². The number of nitrogens with zero attached hydrogens (tertiary/aromatic N) is 7. The van der Waals surface area contributed by atoms with Crippen LogP contribution in [0.4, 0.5) is 11.6 Å². The van der Waals surface area contributed by atoms with Crippen LogP contribution in [0, 0.1) is 0 Å². The highest BCUT2D eigenvalue weighted by molar-refractivity contribution is 6.35. The topological polar surface area (TPSA) is 96.7 Å². The summed E-state index contributed by atoms with van der Waals surface area (Å²) in [5.41, 5.74) is 2.49. The number of benzene rings is 3. The van der Waals surface area contributed by atoms with Crippen molar-refractivity contribution < 1.29 is 9.53 Å². The van der Waals surface area contributed by atoms with Crippen molar-refractivity contribution in [2.75, 3.05) is 37.2 Å². The van der Waals surface area contributed by atoms with Crippen molar-refractivity contribution in [2.45, 2.75) is 25.4 Å². The lowest BCUT2D eigenvalue weighted by Gasteiger charge is -2.37. The summed E-state index contributed by atoms with van der Waals surface area (Å²) < 4.78 is 6.96. The molecule has 7 rings (SSSR count). The van der Waals surface area contributed by atoms with Crippen LogP contribution < -0.4 is 20.1 Å². The molecule has 2 aliphatic heterocycles. The number of carbonyl (C=O) groups excluding carboxylic acids is 1. The van der Waals surface area contributed by atoms with E-state index in [-0.39, 0.29) is 17.5 Å². The molecule has 0 N–H and O–H groups in total. The van der Waals surface area contributed by atoms with Gasteiger partial charge in [0.2, 0.25) is 0 Å². The van der Waals surface area contributed by atoms with E-state index < -0.39 is 0 Å². The average molecular weight is 608 g/mol. The van der Waals surface area contributed by atoms with Crippen LogP contribution in [0.3, 0.4) is 0 Å². The van der Waals surface area contributed by atoms with E-state index in [1.54, 1.807) is 35.8 Å². The van der Waals surface area contributed by atoms with Gasteiger partial charge in [0, 0.05) is 20.1 Å². The van der Waals surface area contributed by atoms with Gasteiger partial charge in [0.25, 0.3) is 11.5 Å². The third kappa shape index (κ3) is 4.71. The highest BCUT2D eigenvalue weighted by Gasteiger charge is 2.38. The van der Waals surface area contributed by atoms with Gasteiger partial charge in [0.1, 0.15) is 35.1 Å². The highest BCUT2D eigenvalue weighted by atomic mass is 35.5. The summed E-state index contributed by atoms with van der Waals surface area (Å²) in [4.78, 5) is 48.0. The summed E-state index contributed by atoms with van der Waals surface area (Å²) in [5.74, 6) is 2.33. The normalized spacial score (nSPS) is 16.5. The first-order valence-electron chi connectivity index (χ1n) is 14.5. The lowest BCUT2D eigenvalue weighted by molar-refractivity contribution is 0.0780. The SMILES string of the molecule is COc1ccc(CN2CN(C)C(=O)c3c2ncnc3N2CCC[C@H]2c2nc3cccc(Cl)c3c(=O)n2-c2ccccc2)cc1. The number of ether oxygens (including phenoxy) is 1. The Labute approximate surface area is 259 Å². The first kappa shape index (κ1) is 27.8. The van der Waals surface area contributed by atoms with Crippen LogP contribution in [-0.2, 0) is 6.54 Å². The van der Waals surface area contributed by atoms with E-state index in [4.69, 9.17) is 21.3 Å². The lowest BCUT2D eigenvalue weighted by Crippen LogP contribution is -2.46. The van der Waals surface area contributed by atoms with Crippen molar-refractivity contribution in [2.24, 2.45) is 0 Å². The molecule has 11 heteroatoms. The second kappa shape index (κ2) is 11.3. The van der Waals surface area contributed by atoms with Crippen LogP contribution in [0.25, 0.3) is 16.6 Å². The van der Waals surface area contributed by atoms with E-state index in [1.165, 1.54) is 6.33 Å². The summed E-state index contributed by atoms with van der Waals surface area (Å²) in [7, 11) is 3.43. The van der Waals surface area contributed by atoms with Crippen molar-refractivity contribution in [1.29, 1.82) is 0 Å². The van der Waals surface area contributed by atoms with Crippen LogP contribution in [-0.4, -0.2) is 57.7 Å². The molecule has 1 atom stereocenters. The van der Waals surface area contributed by atoms with Gasteiger partial charge in [-0.25, -0.2) is 15.0 Å². The Hall–Kier alpha value is -4.96. The monoisotopic (exact) mass is 607 g/mol. The van der Waals surface area contributed by atoms with Gasteiger partial charge in [-0.1, -0.05) is 48.0 Å². The second-order valence-corrected chi connectivity index (χ2v) is 11.4. The first-order chi connectivity index (χ1) is 21.4. The molecule has 0 saturated carbocycles. The molecule has 3 aromatic carbocycles. The van der Waals surface area contributed by atoms with E-state index in [0.717, 1.165) is 24.2 Å². The summed E-state index contributed by atoms with van der Waals surface area (Å²) in [6, 6.07) is 22.3. The molecule has 1 saturated heterocycles.